The van der Waals surface area contributed by atoms with Gasteiger partial charge in [0, 0.05) is 6.04 Å². The molecule has 0 aliphatic heterocycles. The van der Waals surface area contributed by atoms with E-state index in [-0.39, 0.29) is 11.7 Å². The maximum absolute atomic E-state index is 11.9. The second-order valence-corrected chi connectivity index (χ2v) is 6.60. The van der Waals surface area contributed by atoms with E-state index >= 15 is 0 Å². The van der Waals surface area contributed by atoms with Crippen LogP contribution >= 0.6 is 0 Å². The summed E-state index contributed by atoms with van der Waals surface area (Å²) in [5.41, 5.74) is 0. The van der Waals surface area contributed by atoms with E-state index in [0.29, 0.717) is 18.2 Å². The van der Waals surface area contributed by atoms with Crippen molar-refractivity contribution in [3.8, 4) is 0 Å². The van der Waals surface area contributed by atoms with Gasteiger partial charge in [0.15, 0.2) is 0 Å². The summed E-state index contributed by atoms with van der Waals surface area (Å²) < 4.78 is 31.3. The molecule has 6 nitrogen and oxygen atoms in total. The minimum Gasteiger partial charge on any atom is -0.447 e. The molecule has 0 bridgehead atoms. The van der Waals surface area contributed by atoms with Crippen LogP contribution in [0.15, 0.2) is 21.6 Å². The van der Waals surface area contributed by atoms with E-state index in [1.807, 2.05) is 0 Å². The number of nitrogens with one attached hydrogen (secondary N) is 2. The first-order valence-electron chi connectivity index (χ1n) is 6.27. The molecule has 0 aromatic carbocycles. The lowest BCUT2D eigenvalue weighted by Crippen LogP contribution is -2.34. The summed E-state index contributed by atoms with van der Waals surface area (Å²) in [7, 11) is -3.70. The molecule has 0 fully saturated rings. The Morgan fingerprint density at radius 2 is 2.00 bits per heavy atom. The van der Waals surface area contributed by atoms with Crippen molar-refractivity contribution in [1.29, 1.82) is 0 Å². The van der Waals surface area contributed by atoms with Crippen molar-refractivity contribution in [2.45, 2.75) is 38.5 Å². The third-order valence-corrected chi connectivity index (χ3v) is 3.85. The summed E-state index contributed by atoms with van der Waals surface area (Å²) in [6, 6.07) is 2.50. The molecule has 19 heavy (non-hydrogen) atoms. The third-order valence-electron chi connectivity index (χ3n) is 2.38. The van der Waals surface area contributed by atoms with Gasteiger partial charge in [-0.05, 0) is 31.5 Å². The topological polar surface area (TPSA) is 91.6 Å². The molecule has 0 saturated carbocycles. The molecule has 1 rings (SSSR count). The van der Waals surface area contributed by atoms with Crippen LogP contribution in [-0.4, -0.2) is 32.7 Å². The monoisotopic (exact) mass is 290 g/mol. The van der Waals surface area contributed by atoms with Gasteiger partial charge in [-0.1, -0.05) is 13.8 Å². The first-order valence-corrected chi connectivity index (χ1v) is 7.76. The van der Waals surface area contributed by atoms with E-state index in [2.05, 4.69) is 23.9 Å². The van der Waals surface area contributed by atoms with Crippen LogP contribution < -0.4 is 10.0 Å². The van der Waals surface area contributed by atoms with E-state index in [9.17, 15) is 8.42 Å². The molecule has 1 atom stereocenters. The normalized spacial score (nSPS) is 13.9. The van der Waals surface area contributed by atoms with Crippen molar-refractivity contribution in [1.82, 2.24) is 10.0 Å². The highest BCUT2D eigenvalue weighted by molar-refractivity contribution is 7.89. The lowest BCUT2D eigenvalue weighted by molar-refractivity contribution is 0.264. The molecule has 0 radical (unpaired) electrons. The zero-order valence-corrected chi connectivity index (χ0v) is 12.3. The molecule has 0 aliphatic carbocycles. The van der Waals surface area contributed by atoms with Crippen molar-refractivity contribution < 1.29 is 17.9 Å². The summed E-state index contributed by atoms with van der Waals surface area (Å²) in [5, 5.41) is 11.9. The number of hydrogen-bond donors (Lipinski definition) is 3. The third kappa shape index (κ3) is 5.32. The number of rotatable bonds is 8. The number of hydrogen-bond acceptors (Lipinski definition) is 5. The highest BCUT2D eigenvalue weighted by Crippen LogP contribution is 2.14. The van der Waals surface area contributed by atoms with Crippen LogP contribution in [0.1, 0.15) is 26.5 Å². The second kappa shape index (κ2) is 7.04. The first kappa shape index (κ1) is 16.2. The van der Waals surface area contributed by atoms with Crippen molar-refractivity contribution in [3.63, 3.8) is 0 Å². The Labute approximate surface area is 114 Å². The Hall–Kier alpha value is -0.890. The van der Waals surface area contributed by atoms with Crippen LogP contribution in [0.3, 0.4) is 0 Å². The van der Waals surface area contributed by atoms with Gasteiger partial charge in [-0.2, -0.15) is 0 Å². The largest absolute Gasteiger partial charge is 0.447 e. The Morgan fingerprint density at radius 3 is 2.58 bits per heavy atom. The van der Waals surface area contributed by atoms with Gasteiger partial charge < -0.3 is 14.8 Å². The predicted octanol–water partition coefficient (Wildman–Crippen LogP) is 0.684. The van der Waals surface area contributed by atoms with Crippen molar-refractivity contribution >= 4 is 10.0 Å². The van der Waals surface area contributed by atoms with Gasteiger partial charge >= 0.3 is 0 Å². The number of aliphatic hydroxyl groups is 1. The highest BCUT2D eigenvalue weighted by atomic mass is 32.2. The van der Waals surface area contributed by atoms with Gasteiger partial charge in [0.1, 0.15) is 5.76 Å². The summed E-state index contributed by atoms with van der Waals surface area (Å²) in [6.07, 6.45) is 0. The molecule has 3 N–H and O–H groups in total. The lowest BCUT2D eigenvalue weighted by Gasteiger charge is -2.09. The SMILES string of the molecule is CC(C)CNCc1ccc(S(=O)(=O)NC(C)CO)o1. The summed E-state index contributed by atoms with van der Waals surface area (Å²) in [6.45, 7) is 6.82. The zero-order chi connectivity index (χ0) is 14.5. The molecule has 0 spiro atoms. The molecule has 0 amide bonds. The number of aliphatic hydroxyl groups excluding tert-OH is 1. The summed E-state index contributed by atoms with van der Waals surface area (Å²) in [4.78, 5) is 0. The van der Waals surface area contributed by atoms with E-state index in [4.69, 9.17) is 9.52 Å². The summed E-state index contributed by atoms with van der Waals surface area (Å²) in [5.74, 6) is 1.09. The number of furan rings is 1. The molecule has 1 heterocycles. The van der Waals surface area contributed by atoms with Gasteiger partial charge in [0.25, 0.3) is 10.0 Å². The molecule has 110 valence electrons. The van der Waals surface area contributed by atoms with Crippen LogP contribution in [0.4, 0.5) is 0 Å². The van der Waals surface area contributed by atoms with Crippen molar-refractivity contribution in [2.75, 3.05) is 13.2 Å². The molecular weight excluding hydrogens is 268 g/mol. The van der Waals surface area contributed by atoms with Crippen LogP contribution in [0, 0.1) is 5.92 Å². The molecule has 1 aromatic rings. The highest BCUT2D eigenvalue weighted by Gasteiger charge is 2.20. The van der Waals surface area contributed by atoms with Gasteiger partial charge in [-0.3, -0.25) is 0 Å². The Bertz CT molecular complexity index is 482. The van der Waals surface area contributed by atoms with Crippen molar-refractivity contribution in [2.24, 2.45) is 5.92 Å². The van der Waals surface area contributed by atoms with Crippen LogP contribution in [0.2, 0.25) is 0 Å². The standard InChI is InChI=1S/C12H22N2O4S/c1-9(2)6-13-7-11-4-5-12(18-11)19(16,17)14-10(3)8-15/h4-5,9-10,13-15H,6-8H2,1-3H3. The fourth-order valence-electron chi connectivity index (χ4n) is 1.44. The molecule has 7 heteroatoms. The minimum atomic E-state index is -3.70. The Kier molecular flexibility index (Phi) is 5.99. The van der Waals surface area contributed by atoms with Gasteiger partial charge in [-0.15, -0.1) is 0 Å². The zero-order valence-electron chi connectivity index (χ0n) is 11.5. The fourth-order valence-corrected chi connectivity index (χ4v) is 2.63. The minimum absolute atomic E-state index is 0.130. The average molecular weight is 290 g/mol. The smallest absolute Gasteiger partial charge is 0.274 e. The quantitative estimate of drug-likeness (QED) is 0.655. The molecular formula is C12H22N2O4S. The Balaban J connectivity index is 2.63. The first-order chi connectivity index (χ1) is 8.85. The van der Waals surface area contributed by atoms with Crippen molar-refractivity contribution in [3.05, 3.63) is 17.9 Å². The van der Waals surface area contributed by atoms with E-state index in [1.54, 1.807) is 13.0 Å². The van der Waals surface area contributed by atoms with Crippen LogP contribution in [-0.2, 0) is 16.6 Å². The predicted molar refractivity (Wildman–Crippen MR) is 72.1 cm³/mol. The van der Waals surface area contributed by atoms with E-state index < -0.39 is 16.1 Å². The maximum atomic E-state index is 11.9. The molecule has 0 aliphatic rings. The van der Waals surface area contributed by atoms with Gasteiger partial charge in [0.05, 0.1) is 13.2 Å². The Morgan fingerprint density at radius 1 is 1.32 bits per heavy atom. The lowest BCUT2D eigenvalue weighted by atomic mass is 10.2. The molecule has 0 saturated heterocycles. The van der Waals surface area contributed by atoms with Crippen LogP contribution in [0.25, 0.3) is 0 Å². The van der Waals surface area contributed by atoms with Gasteiger partial charge in [0.2, 0.25) is 5.09 Å². The second-order valence-electron chi connectivity index (χ2n) is 4.95. The van der Waals surface area contributed by atoms with E-state index in [1.165, 1.54) is 6.07 Å². The number of sulfonamides is 1. The average Bonchev–Trinajstić information content (AvgIpc) is 2.77. The summed E-state index contributed by atoms with van der Waals surface area (Å²) >= 11 is 0. The van der Waals surface area contributed by atoms with Gasteiger partial charge in [-0.25, -0.2) is 13.1 Å². The van der Waals surface area contributed by atoms with Crippen LogP contribution in [0.5, 0.6) is 0 Å². The fraction of sp³-hybridized carbons (Fsp3) is 0.667. The van der Waals surface area contributed by atoms with E-state index in [0.717, 1.165) is 6.54 Å². The molecule has 1 unspecified atom stereocenters. The maximum Gasteiger partial charge on any atom is 0.274 e. The molecule has 1 aromatic heterocycles.